The molecule has 7 heteroatoms. The average Bonchev–Trinajstić information content (AvgIpc) is 2.96. The van der Waals surface area contributed by atoms with Crippen LogP contribution in [0.4, 0.5) is 0 Å². The number of halogens is 1. The highest BCUT2D eigenvalue weighted by Gasteiger charge is 2.24. The van der Waals surface area contributed by atoms with E-state index < -0.39 is 0 Å². The fraction of sp³-hybridized carbons (Fsp3) is 0.167. The summed E-state index contributed by atoms with van der Waals surface area (Å²) in [5.41, 5.74) is 3.03. The van der Waals surface area contributed by atoms with Gasteiger partial charge in [0.05, 0.1) is 16.9 Å². The first-order valence-corrected chi connectivity index (χ1v) is 8.65. The predicted octanol–water partition coefficient (Wildman–Crippen LogP) is 3.66. The SMILES string of the molecule is O=C(N[C@@H]1CCc2cc(Cl)ccc21)c1ccc2c(=O)[nH]c(=S)[nH]c2c1. The van der Waals surface area contributed by atoms with Crippen LogP contribution in [0.25, 0.3) is 10.9 Å². The van der Waals surface area contributed by atoms with Crippen LogP contribution in [0.1, 0.15) is 33.9 Å². The molecule has 25 heavy (non-hydrogen) atoms. The molecular formula is C18H14ClN3O2S. The molecule has 2 aromatic carbocycles. The van der Waals surface area contributed by atoms with E-state index in [0.29, 0.717) is 21.5 Å². The number of rotatable bonds is 2. The zero-order valence-corrected chi connectivity index (χ0v) is 14.6. The molecule has 1 aliphatic rings. The zero-order valence-electron chi connectivity index (χ0n) is 13.1. The van der Waals surface area contributed by atoms with E-state index >= 15 is 0 Å². The van der Waals surface area contributed by atoms with Gasteiger partial charge in [-0.25, -0.2) is 0 Å². The second-order valence-electron chi connectivity index (χ2n) is 6.08. The van der Waals surface area contributed by atoms with Gasteiger partial charge in [-0.2, -0.15) is 0 Å². The summed E-state index contributed by atoms with van der Waals surface area (Å²) in [6.45, 7) is 0. The number of benzene rings is 2. The first-order valence-electron chi connectivity index (χ1n) is 7.87. The van der Waals surface area contributed by atoms with Gasteiger partial charge in [-0.05, 0) is 66.5 Å². The molecule has 4 rings (SSSR count). The highest BCUT2D eigenvalue weighted by molar-refractivity contribution is 7.71. The molecule has 0 radical (unpaired) electrons. The van der Waals surface area contributed by atoms with Crippen LogP contribution in [0.3, 0.4) is 0 Å². The van der Waals surface area contributed by atoms with Crippen molar-refractivity contribution in [2.75, 3.05) is 0 Å². The van der Waals surface area contributed by atoms with Gasteiger partial charge in [-0.15, -0.1) is 0 Å². The summed E-state index contributed by atoms with van der Waals surface area (Å²) in [5.74, 6) is -0.186. The van der Waals surface area contributed by atoms with Gasteiger partial charge in [0.1, 0.15) is 0 Å². The highest BCUT2D eigenvalue weighted by atomic mass is 35.5. The van der Waals surface area contributed by atoms with E-state index in [1.165, 1.54) is 5.56 Å². The predicted molar refractivity (Wildman–Crippen MR) is 99.7 cm³/mol. The average molecular weight is 372 g/mol. The number of hydrogen-bond donors (Lipinski definition) is 3. The molecule has 1 aromatic heterocycles. The maximum Gasteiger partial charge on any atom is 0.259 e. The Hall–Kier alpha value is -2.44. The number of aromatic amines is 2. The molecule has 0 bridgehead atoms. The summed E-state index contributed by atoms with van der Waals surface area (Å²) < 4.78 is 0.233. The fourth-order valence-corrected chi connectivity index (χ4v) is 3.69. The van der Waals surface area contributed by atoms with E-state index in [1.54, 1.807) is 18.2 Å². The van der Waals surface area contributed by atoms with Crippen molar-refractivity contribution in [2.24, 2.45) is 0 Å². The summed E-state index contributed by atoms with van der Waals surface area (Å²) in [6.07, 6.45) is 1.73. The van der Waals surface area contributed by atoms with Crippen LogP contribution in [0.5, 0.6) is 0 Å². The van der Waals surface area contributed by atoms with Crippen molar-refractivity contribution in [1.29, 1.82) is 0 Å². The van der Waals surface area contributed by atoms with Gasteiger partial charge in [0.25, 0.3) is 11.5 Å². The van der Waals surface area contributed by atoms with Crippen LogP contribution >= 0.6 is 23.8 Å². The Morgan fingerprint density at radius 2 is 2.04 bits per heavy atom. The number of hydrogen-bond acceptors (Lipinski definition) is 3. The van der Waals surface area contributed by atoms with Crippen molar-refractivity contribution in [3.63, 3.8) is 0 Å². The van der Waals surface area contributed by atoms with Crippen LogP contribution in [0, 0.1) is 4.77 Å². The lowest BCUT2D eigenvalue weighted by Gasteiger charge is -2.14. The summed E-state index contributed by atoms with van der Waals surface area (Å²) in [7, 11) is 0. The molecule has 5 nitrogen and oxygen atoms in total. The van der Waals surface area contributed by atoms with Gasteiger partial charge in [0.15, 0.2) is 4.77 Å². The van der Waals surface area contributed by atoms with Crippen LogP contribution in [-0.4, -0.2) is 15.9 Å². The number of amides is 1. The molecule has 1 aliphatic carbocycles. The van der Waals surface area contributed by atoms with Gasteiger partial charge in [0, 0.05) is 10.6 Å². The molecule has 0 fully saturated rings. The van der Waals surface area contributed by atoms with Crippen molar-refractivity contribution < 1.29 is 4.79 Å². The molecule has 1 amide bonds. The second-order valence-corrected chi connectivity index (χ2v) is 6.92. The van der Waals surface area contributed by atoms with Crippen LogP contribution in [0.15, 0.2) is 41.2 Å². The third-order valence-corrected chi connectivity index (χ3v) is 4.93. The fourth-order valence-electron chi connectivity index (χ4n) is 3.29. The number of carbonyl (C=O) groups is 1. The molecule has 0 unspecified atom stereocenters. The zero-order chi connectivity index (χ0) is 17.6. The Morgan fingerprint density at radius 3 is 2.88 bits per heavy atom. The topological polar surface area (TPSA) is 77.8 Å². The molecule has 3 N–H and O–H groups in total. The number of carbonyl (C=O) groups excluding carboxylic acids is 1. The second kappa shape index (κ2) is 6.13. The van der Waals surface area contributed by atoms with Gasteiger partial charge in [-0.3, -0.25) is 14.6 Å². The molecular weight excluding hydrogens is 358 g/mol. The lowest BCUT2D eigenvalue weighted by Crippen LogP contribution is -2.27. The lowest BCUT2D eigenvalue weighted by atomic mass is 10.1. The van der Waals surface area contributed by atoms with Crippen LogP contribution in [0.2, 0.25) is 5.02 Å². The van der Waals surface area contributed by atoms with Gasteiger partial charge in [-0.1, -0.05) is 17.7 Å². The normalized spacial score (nSPS) is 16.0. The Bertz CT molecular complexity index is 1120. The summed E-state index contributed by atoms with van der Waals surface area (Å²) in [4.78, 5) is 29.9. The van der Waals surface area contributed by atoms with E-state index in [2.05, 4.69) is 15.3 Å². The minimum atomic E-state index is -0.271. The van der Waals surface area contributed by atoms with Crippen LogP contribution < -0.4 is 10.9 Å². The molecule has 0 saturated carbocycles. The maximum absolute atomic E-state index is 12.6. The van der Waals surface area contributed by atoms with Crippen molar-refractivity contribution in [3.8, 4) is 0 Å². The molecule has 0 spiro atoms. The number of nitrogens with one attached hydrogen (secondary N) is 3. The monoisotopic (exact) mass is 371 g/mol. The van der Waals surface area contributed by atoms with Crippen molar-refractivity contribution in [1.82, 2.24) is 15.3 Å². The third kappa shape index (κ3) is 2.99. The smallest absolute Gasteiger partial charge is 0.259 e. The van der Waals surface area contributed by atoms with E-state index in [1.807, 2.05) is 18.2 Å². The van der Waals surface area contributed by atoms with Gasteiger partial charge >= 0.3 is 0 Å². The minimum Gasteiger partial charge on any atom is -0.345 e. The molecule has 0 saturated heterocycles. The summed E-state index contributed by atoms with van der Waals surface area (Å²) in [6, 6.07) is 10.6. The lowest BCUT2D eigenvalue weighted by molar-refractivity contribution is 0.0937. The van der Waals surface area contributed by atoms with E-state index in [4.69, 9.17) is 23.8 Å². The van der Waals surface area contributed by atoms with Crippen LogP contribution in [-0.2, 0) is 6.42 Å². The quantitative estimate of drug-likeness (QED) is 0.601. The Balaban J connectivity index is 1.63. The number of H-pyrrole nitrogens is 2. The number of fused-ring (bicyclic) bond motifs is 2. The molecule has 0 aliphatic heterocycles. The van der Waals surface area contributed by atoms with Gasteiger partial charge < -0.3 is 10.3 Å². The Kier molecular flexibility index (Phi) is 3.94. The van der Waals surface area contributed by atoms with Crippen molar-refractivity contribution >= 4 is 40.6 Å². The van der Waals surface area contributed by atoms with E-state index in [-0.39, 0.29) is 22.3 Å². The molecule has 3 aromatic rings. The van der Waals surface area contributed by atoms with Gasteiger partial charge in [0.2, 0.25) is 0 Å². The number of aryl methyl sites for hydroxylation is 1. The maximum atomic E-state index is 12.6. The highest BCUT2D eigenvalue weighted by Crippen LogP contribution is 2.33. The van der Waals surface area contributed by atoms with E-state index in [0.717, 1.165) is 18.4 Å². The number of aromatic nitrogens is 2. The molecule has 1 atom stereocenters. The molecule has 1 heterocycles. The van der Waals surface area contributed by atoms with Crippen molar-refractivity contribution in [3.05, 3.63) is 73.2 Å². The first-order chi connectivity index (χ1) is 12.0. The Labute approximate surface area is 153 Å². The van der Waals surface area contributed by atoms with E-state index in [9.17, 15) is 9.59 Å². The first kappa shape index (κ1) is 16.1. The largest absolute Gasteiger partial charge is 0.345 e. The Morgan fingerprint density at radius 1 is 1.20 bits per heavy atom. The van der Waals surface area contributed by atoms with Crippen molar-refractivity contribution in [2.45, 2.75) is 18.9 Å². The summed E-state index contributed by atoms with van der Waals surface area (Å²) in [5, 5.41) is 4.23. The third-order valence-electron chi connectivity index (χ3n) is 4.49. The minimum absolute atomic E-state index is 0.0341. The standard InChI is InChI=1S/C18H14ClN3O2S/c19-11-3-5-12-9(7-11)2-6-14(12)20-16(23)10-1-4-13-15(8-10)21-18(25)22-17(13)24/h1,3-5,7-8,14H,2,6H2,(H,20,23)(H2,21,22,24,25)/t14-/m1/s1. The summed E-state index contributed by atoms with van der Waals surface area (Å²) >= 11 is 11.0. The molecule has 126 valence electrons.